The van der Waals surface area contributed by atoms with E-state index in [2.05, 4.69) is 0 Å². The molecule has 0 aliphatic carbocycles. The maximum atomic E-state index is 14.0. The van der Waals surface area contributed by atoms with E-state index in [1.54, 1.807) is 18.2 Å². The molecule has 2 aliphatic heterocycles. The van der Waals surface area contributed by atoms with E-state index >= 15 is 0 Å². The fraction of sp³-hybridized carbons (Fsp3) is 0.391. The highest BCUT2D eigenvalue weighted by Gasteiger charge is 2.30. The lowest BCUT2D eigenvalue weighted by molar-refractivity contribution is -0.144. The molecule has 33 heavy (non-hydrogen) atoms. The van der Waals surface area contributed by atoms with Gasteiger partial charge in [0.1, 0.15) is 5.82 Å². The number of amides is 2. The molecule has 0 aromatic heterocycles. The average Bonchev–Trinajstić information content (AvgIpc) is 3.11. The maximum absolute atomic E-state index is 14.0. The Hall–Kier alpha value is -3.27. The van der Waals surface area contributed by atoms with Crippen molar-refractivity contribution in [3.05, 3.63) is 58.9 Å². The van der Waals surface area contributed by atoms with Crippen molar-refractivity contribution in [2.24, 2.45) is 5.73 Å². The Balaban J connectivity index is 1.47. The molecule has 2 N–H and O–H groups in total. The van der Waals surface area contributed by atoms with Crippen LogP contribution in [0.1, 0.15) is 41.6 Å². The van der Waals surface area contributed by atoms with Crippen LogP contribution in [0, 0.1) is 17.5 Å². The third-order valence-electron chi connectivity index (χ3n) is 5.68. The van der Waals surface area contributed by atoms with Crippen LogP contribution in [0.15, 0.2) is 30.3 Å². The highest BCUT2D eigenvalue weighted by molar-refractivity contribution is 5.96. The van der Waals surface area contributed by atoms with E-state index in [9.17, 15) is 22.8 Å². The summed E-state index contributed by atoms with van der Waals surface area (Å²) in [5.41, 5.74) is 6.28. The Kier molecular flexibility index (Phi) is 6.73. The molecular formula is C23H24F3N3O4. The predicted octanol–water partition coefficient (Wildman–Crippen LogP) is 3.16. The molecule has 0 radical (unpaired) electrons. The second-order valence-electron chi connectivity index (χ2n) is 8.10. The number of hydrogen-bond donors (Lipinski definition) is 1. The van der Waals surface area contributed by atoms with Crippen LogP contribution < -0.4 is 15.2 Å². The number of nitrogens with two attached hydrogens (primary N) is 1. The smallest absolute Gasteiger partial charge is 0.272 e. The van der Waals surface area contributed by atoms with Gasteiger partial charge >= 0.3 is 0 Å². The highest BCUT2D eigenvalue weighted by atomic mass is 19.2. The molecule has 2 aliphatic rings. The number of rotatable bonds is 5. The minimum atomic E-state index is -1.29. The number of halogens is 3. The van der Waals surface area contributed by atoms with Gasteiger partial charge < -0.3 is 15.2 Å². The summed E-state index contributed by atoms with van der Waals surface area (Å²) in [5, 5.41) is 2.78. The Bertz CT molecular complexity index is 1070. The highest BCUT2D eigenvalue weighted by Crippen LogP contribution is 2.33. The lowest BCUT2D eigenvalue weighted by atomic mass is 10.0. The molecule has 0 bridgehead atoms. The summed E-state index contributed by atoms with van der Waals surface area (Å²) in [7, 11) is 0. The van der Waals surface area contributed by atoms with E-state index in [1.807, 2.05) is 0 Å². The topological polar surface area (TPSA) is 85.1 Å². The Morgan fingerprint density at radius 3 is 2.39 bits per heavy atom. The minimum Gasteiger partial charge on any atom is -0.454 e. The van der Waals surface area contributed by atoms with Crippen molar-refractivity contribution in [1.82, 2.24) is 10.0 Å². The molecule has 1 atom stereocenters. The van der Waals surface area contributed by atoms with Crippen molar-refractivity contribution in [3.8, 4) is 11.5 Å². The number of fused-ring (bicyclic) bond motifs is 1. The molecule has 2 aromatic carbocycles. The van der Waals surface area contributed by atoms with Gasteiger partial charge in [-0.25, -0.2) is 18.2 Å². The molecule has 1 fully saturated rings. The zero-order valence-electron chi connectivity index (χ0n) is 17.9. The van der Waals surface area contributed by atoms with Crippen LogP contribution in [-0.4, -0.2) is 47.8 Å². The van der Waals surface area contributed by atoms with Crippen LogP contribution in [0.25, 0.3) is 0 Å². The number of nitrogens with zero attached hydrogens (tertiary/aromatic N) is 2. The molecule has 4 rings (SSSR count). The van der Waals surface area contributed by atoms with E-state index in [1.165, 1.54) is 10.0 Å². The van der Waals surface area contributed by atoms with E-state index < -0.39 is 29.4 Å². The molecule has 0 spiro atoms. The first-order valence-corrected chi connectivity index (χ1v) is 10.7. The van der Waals surface area contributed by atoms with Gasteiger partial charge in [0.2, 0.25) is 12.7 Å². The summed E-state index contributed by atoms with van der Waals surface area (Å²) in [6.07, 6.45) is 1.94. The second kappa shape index (κ2) is 9.70. The molecule has 10 heteroatoms. The lowest BCUT2D eigenvalue weighted by Gasteiger charge is -2.34. The van der Waals surface area contributed by atoms with Gasteiger partial charge in [-0.05, 0) is 55.5 Å². The molecule has 2 heterocycles. The van der Waals surface area contributed by atoms with Gasteiger partial charge in [-0.3, -0.25) is 14.6 Å². The monoisotopic (exact) mass is 463 g/mol. The van der Waals surface area contributed by atoms with Crippen molar-refractivity contribution in [2.75, 3.05) is 19.9 Å². The zero-order valence-corrected chi connectivity index (χ0v) is 17.9. The van der Waals surface area contributed by atoms with Crippen LogP contribution in [0.3, 0.4) is 0 Å². The van der Waals surface area contributed by atoms with Crippen LogP contribution in [0.5, 0.6) is 11.5 Å². The van der Waals surface area contributed by atoms with Gasteiger partial charge in [0.05, 0.1) is 0 Å². The largest absolute Gasteiger partial charge is 0.454 e. The van der Waals surface area contributed by atoms with Gasteiger partial charge in [-0.15, -0.1) is 0 Å². The quantitative estimate of drug-likeness (QED) is 0.689. The summed E-state index contributed by atoms with van der Waals surface area (Å²) < 4.78 is 51.2. The van der Waals surface area contributed by atoms with E-state index in [0.717, 1.165) is 18.9 Å². The van der Waals surface area contributed by atoms with Crippen molar-refractivity contribution in [3.63, 3.8) is 0 Å². The molecule has 2 amide bonds. The van der Waals surface area contributed by atoms with E-state index in [0.29, 0.717) is 42.6 Å². The number of hydrogen-bond acceptors (Lipinski definition) is 5. The zero-order chi connectivity index (χ0) is 23.5. The molecule has 1 saturated heterocycles. The number of hydrazine groups is 1. The first kappa shape index (κ1) is 22.9. The molecular weight excluding hydrogens is 439 g/mol. The van der Waals surface area contributed by atoms with Gasteiger partial charge in [0, 0.05) is 37.2 Å². The molecule has 0 saturated carbocycles. The molecule has 1 unspecified atom stereocenters. The molecule has 7 nitrogen and oxygen atoms in total. The lowest BCUT2D eigenvalue weighted by Crippen LogP contribution is -2.50. The van der Waals surface area contributed by atoms with Crippen LogP contribution >= 0.6 is 0 Å². The fourth-order valence-electron chi connectivity index (χ4n) is 3.99. The number of ether oxygens (including phenoxy) is 2. The number of carbonyl (C=O) groups is 2. The van der Waals surface area contributed by atoms with Crippen LogP contribution in [0.4, 0.5) is 13.2 Å². The van der Waals surface area contributed by atoms with Crippen LogP contribution in [-0.2, 0) is 11.2 Å². The first-order chi connectivity index (χ1) is 15.8. The van der Waals surface area contributed by atoms with Crippen molar-refractivity contribution >= 4 is 11.8 Å². The summed E-state index contributed by atoms with van der Waals surface area (Å²) >= 11 is 0. The average molecular weight is 463 g/mol. The fourth-order valence-corrected chi connectivity index (χ4v) is 3.99. The third-order valence-corrected chi connectivity index (χ3v) is 5.68. The normalized spacial score (nSPS) is 16.5. The van der Waals surface area contributed by atoms with Crippen molar-refractivity contribution in [2.45, 2.75) is 38.1 Å². The van der Waals surface area contributed by atoms with E-state index in [-0.39, 0.29) is 31.1 Å². The van der Waals surface area contributed by atoms with Crippen LogP contribution in [0.2, 0.25) is 0 Å². The van der Waals surface area contributed by atoms with E-state index in [4.69, 9.17) is 15.2 Å². The standard InChI is InChI=1S/C23H24F3N3O4/c24-17-12-19(26)18(25)9-15(17)8-16(27)11-22(30)28-6-2-1-3-7-29(28)23(31)14-4-5-20-21(10-14)33-13-32-20/h4-5,9-10,12,16H,1-3,6-8,11,13,27H2. The van der Waals surface area contributed by atoms with Crippen molar-refractivity contribution in [1.29, 1.82) is 0 Å². The second-order valence-corrected chi connectivity index (χ2v) is 8.10. The summed E-state index contributed by atoms with van der Waals surface area (Å²) in [4.78, 5) is 26.3. The van der Waals surface area contributed by atoms with Crippen molar-refractivity contribution < 1.29 is 32.2 Å². The predicted molar refractivity (Wildman–Crippen MR) is 112 cm³/mol. The third kappa shape index (κ3) is 5.05. The maximum Gasteiger partial charge on any atom is 0.272 e. The first-order valence-electron chi connectivity index (χ1n) is 10.7. The molecule has 2 aromatic rings. The van der Waals surface area contributed by atoms with Gasteiger partial charge in [0.15, 0.2) is 23.1 Å². The summed E-state index contributed by atoms with van der Waals surface area (Å²) in [6, 6.07) is 5.20. The summed E-state index contributed by atoms with van der Waals surface area (Å²) in [6.45, 7) is 0.769. The number of benzene rings is 2. The Morgan fingerprint density at radius 1 is 0.909 bits per heavy atom. The molecule has 176 valence electrons. The van der Waals surface area contributed by atoms with Gasteiger partial charge in [0.25, 0.3) is 5.91 Å². The Labute approximate surface area is 188 Å². The number of carbonyl (C=O) groups excluding carboxylic acids is 2. The SMILES string of the molecule is NC(CC(=O)N1CCCCCN1C(=O)c1ccc2c(c1)OCO2)Cc1cc(F)c(F)cc1F. The Morgan fingerprint density at radius 2 is 1.61 bits per heavy atom. The van der Waals surface area contributed by atoms with Gasteiger partial charge in [-0.2, -0.15) is 0 Å². The minimum absolute atomic E-state index is 0.0811. The van der Waals surface area contributed by atoms with Gasteiger partial charge in [-0.1, -0.05) is 0 Å². The summed E-state index contributed by atoms with van der Waals surface area (Å²) in [5.74, 6) is -3.15.